The van der Waals surface area contributed by atoms with E-state index < -0.39 is 0 Å². The molecule has 7 heteroatoms. The number of benzene rings is 3. The minimum Gasteiger partial charge on any atom is -0.493 e. The van der Waals surface area contributed by atoms with E-state index in [-0.39, 0.29) is 5.91 Å². The van der Waals surface area contributed by atoms with Gasteiger partial charge in [0.15, 0.2) is 15.8 Å². The molecule has 0 saturated carbocycles. The van der Waals surface area contributed by atoms with Gasteiger partial charge in [-0.3, -0.25) is 9.69 Å². The van der Waals surface area contributed by atoms with Gasteiger partial charge in [0.05, 0.1) is 17.7 Å². The van der Waals surface area contributed by atoms with Gasteiger partial charge in [-0.05, 0) is 60.5 Å². The standard InChI is InChI=1S/C25H20ClNO3S2/c1-16-3-10-20(11-4-16)27-24(28)23(32-25(27)31)14-18-7-12-21(22(13-18)29-2)30-15-17-5-8-19(26)9-6-17/h3-14H,15H2,1-2H3. The van der Waals surface area contributed by atoms with Crippen LogP contribution >= 0.6 is 35.6 Å². The number of halogens is 1. The van der Waals surface area contributed by atoms with Crippen molar-refractivity contribution in [2.24, 2.45) is 0 Å². The van der Waals surface area contributed by atoms with E-state index in [0.29, 0.717) is 32.4 Å². The van der Waals surface area contributed by atoms with Crippen molar-refractivity contribution in [1.82, 2.24) is 0 Å². The molecule has 0 aromatic heterocycles. The van der Waals surface area contributed by atoms with E-state index in [9.17, 15) is 4.79 Å². The van der Waals surface area contributed by atoms with Crippen LogP contribution in [0.2, 0.25) is 5.02 Å². The fourth-order valence-corrected chi connectivity index (χ4v) is 4.60. The van der Waals surface area contributed by atoms with Gasteiger partial charge in [0, 0.05) is 5.02 Å². The molecule has 0 unspecified atom stereocenters. The first kappa shape index (κ1) is 22.4. The number of anilines is 1. The first-order valence-corrected chi connectivity index (χ1v) is 11.4. The van der Waals surface area contributed by atoms with Gasteiger partial charge in [-0.15, -0.1) is 0 Å². The van der Waals surface area contributed by atoms with Gasteiger partial charge in [0.25, 0.3) is 5.91 Å². The maximum atomic E-state index is 13.0. The lowest BCUT2D eigenvalue weighted by Gasteiger charge is -2.14. The minimum absolute atomic E-state index is 0.133. The number of carbonyl (C=O) groups is 1. The van der Waals surface area contributed by atoms with Gasteiger partial charge < -0.3 is 9.47 Å². The number of aryl methyl sites for hydroxylation is 1. The second-order valence-corrected chi connectivity index (χ2v) is 9.29. The summed E-state index contributed by atoms with van der Waals surface area (Å²) in [6.07, 6.45) is 1.82. The largest absolute Gasteiger partial charge is 0.493 e. The van der Waals surface area contributed by atoms with Crippen molar-refractivity contribution in [3.8, 4) is 11.5 Å². The molecule has 1 heterocycles. The van der Waals surface area contributed by atoms with Crippen molar-refractivity contribution < 1.29 is 14.3 Å². The van der Waals surface area contributed by atoms with E-state index in [4.69, 9.17) is 33.3 Å². The van der Waals surface area contributed by atoms with Crippen LogP contribution in [-0.2, 0) is 11.4 Å². The molecule has 3 aromatic rings. The summed E-state index contributed by atoms with van der Waals surface area (Å²) in [5.74, 6) is 1.07. The molecule has 0 radical (unpaired) electrons. The molecule has 0 atom stereocenters. The van der Waals surface area contributed by atoms with E-state index >= 15 is 0 Å². The average Bonchev–Trinajstić information content (AvgIpc) is 3.07. The van der Waals surface area contributed by atoms with Crippen molar-refractivity contribution >= 4 is 57.6 Å². The van der Waals surface area contributed by atoms with Crippen molar-refractivity contribution in [3.05, 3.63) is 93.3 Å². The van der Waals surface area contributed by atoms with Gasteiger partial charge in [-0.2, -0.15) is 0 Å². The van der Waals surface area contributed by atoms with E-state index in [1.165, 1.54) is 11.8 Å². The zero-order valence-electron chi connectivity index (χ0n) is 17.5. The van der Waals surface area contributed by atoms with Crippen molar-refractivity contribution in [2.45, 2.75) is 13.5 Å². The maximum Gasteiger partial charge on any atom is 0.270 e. The maximum absolute atomic E-state index is 13.0. The molecule has 3 aromatic carbocycles. The monoisotopic (exact) mass is 481 g/mol. The number of ether oxygens (including phenoxy) is 2. The lowest BCUT2D eigenvalue weighted by Crippen LogP contribution is -2.27. The molecule has 1 fully saturated rings. The second kappa shape index (κ2) is 9.77. The summed E-state index contributed by atoms with van der Waals surface area (Å²) in [6.45, 7) is 2.40. The molecule has 1 aliphatic heterocycles. The van der Waals surface area contributed by atoms with Gasteiger partial charge in [0.2, 0.25) is 0 Å². The Morgan fingerprint density at radius 2 is 1.75 bits per heavy atom. The quantitative estimate of drug-likeness (QED) is 0.291. The fourth-order valence-electron chi connectivity index (χ4n) is 3.17. The Labute approximate surface area is 201 Å². The second-order valence-electron chi connectivity index (χ2n) is 7.18. The number of thiocarbonyl (C=S) groups is 1. The normalized spacial score (nSPS) is 14.8. The Kier molecular flexibility index (Phi) is 6.84. The molecular formula is C25H20ClNO3S2. The van der Waals surface area contributed by atoms with E-state index in [2.05, 4.69) is 0 Å². The summed E-state index contributed by atoms with van der Waals surface area (Å²) in [7, 11) is 1.59. The molecule has 1 amide bonds. The summed E-state index contributed by atoms with van der Waals surface area (Å²) in [5.41, 5.74) is 3.72. The van der Waals surface area contributed by atoms with Gasteiger partial charge >= 0.3 is 0 Å². The third-order valence-electron chi connectivity index (χ3n) is 4.88. The van der Waals surface area contributed by atoms with Crippen LogP contribution < -0.4 is 14.4 Å². The topological polar surface area (TPSA) is 38.8 Å². The summed E-state index contributed by atoms with van der Waals surface area (Å²) >= 11 is 12.7. The molecule has 32 heavy (non-hydrogen) atoms. The van der Waals surface area contributed by atoms with Crippen LogP contribution in [0.4, 0.5) is 5.69 Å². The lowest BCUT2D eigenvalue weighted by atomic mass is 10.1. The number of nitrogens with zero attached hydrogens (tertiary/aromatic N) is 1. The molecule has 162 valence electrons. The molecule has 0 bridgehead atoms. The number of carbonyl (C=O) groups excluding carboxylic acids is 1. The third-order valence-corrected chi connectivity index (χ3v) is 6.43. The molecule has 0 aliphatic carbocycles. The summed E-state index contributed by atoms with van der Waals surface area (Å²) < 4.78 is 11.9. The highest BCUT2D eigenvalue weighted by molar-refractivity contribution is 8.27. The fraction of sp³-hybridized carbons (Fsp3) is 0.120. The van der Waals surface area contributed by atoms with E-state index in [1.807, 2.05) is 79.7 Å². The van der Waals surface area contributed by atoms with E-state index in [1.54, 1.807) is 12.0 Å². The Bertz CT molecular complexity index is 1190. The first-order chi connectivity index (χ1) is 15.4. The minimum atomic E-state index is -0.133. The van der Waals surface area contributed by atoms with Gasteiger partial charge in [-0.25, -0.2) is 0 Å². The molecular weight excluding hydrogens is 462 g/mol. The van der Waals surface area contributed by atoms with Crippen molar-refractivity contribution in [2.75, 3.05) is 12.0 Å². The van der Waals surface area contributed by atoms with Gasteiger partial charge in [-0.1, -0.05) is 71.5 Å². The van der Waals surface area contributed by atoms with Crippen LogP contribution in [0.1, 0.15) is 16.7 Å². The molecule has 4 rings (SSSR count). The predicted molar refractivity (Wildman–Crippen MR) is 136 cm³/mol. The van der Waals surface area contributed by atoms with Crippen LogP contribution in [-0.4, -0.2) is 17.3 Å². The zero-order chi connectivity index (χ0) is 22.7. The number of methoxy groups -OCH3 is 1. The van der Waals surface area contributed by atoms with Crippen LogP contribution in [0, 0.1) is 6.92 Å². The highest BCUT2D eigenvalue weighted by Crippen LogP contribution is 2.37. The van der Waals surface area contributed by atoms with Crippen LogP contribution in [0.5, 0.6) is 11.5 Å². The van der Waals surface area contributed by atoms with Crippen molar-refractivity contribution in [3.63, 3.8) is 0 Å². The first-order valence-electron chi connectivity index (χ1n) is 9.84. The number of amides is 1. The number of hydrogen-bond donors (Lipinski definition) is 0. The summed E-state index contributed by atoms with van der Waals surface area (Å²) in [4.78, 5) is 15.1. The van der Waals surface area contributed by atoms with Crippen LogP contribution in [0.3, 0.4) is 0 Å². The van der Waals surface area contributed by atoms with E-state index in [0.717, 1.165) is 22.4 Å². The molecule has 1 saturated heterocycles. The highest BCUT2D eigenvalue weighted by Gasteiger charge is 2.33. The smallest absolute Gasteiger partial charge is 0.270 e. The lowest BCUT2D eigenvalue weighted by molar-refractivity contribution is -0.113. The summed E-state index contributed by atoms with van der Waals surface area (Å²) in [5, 5.41) is 0.684. The Hall–Kier alpha value is -2.80. The SMILES string of the molecule is COc1cc(C=C2SC(=S)N(c3ccc(C)cc3)C2=O)ccc1OCc1ccc(Cl)cc1. The van der Waals surface area contributed by atoms with Crippen molar-refractivity contribution in [1.29, 1.82) is 0 Å². The highest BCUT2D eigenvalue weighted by atomic mass is 35.5. The Morgan fingerprint density at radius 1 is 1.03 bits per heavy atom. The number of thioether (sulfide) groups is 1. The zero-order valence-corrected chi connectivity index (χ0v) is 19.9. The summed E-state index contributed by atoms with van der Waals surface area (Å²) in [6, 6.07) is 20.8. The molecule has 4 nitrogen and oxygen atoms in total. The Balaban J connectivity index is 1.52. The molecule has 0 spiro atoms. The molecule has 0 N–H and O–H groups in total. The van der Waals surface area contributed by atoms with Crippen LogP contribution in [0.15, 0.2) is 71.6 Å². The predicted octanol–water partition coefficient (Wildman–Crippen LogP) is 6.64. The number of hydrogen-bond acceptors (Lipinski definition) is 5. The average molecular weight is 482 g/mol. The third kappa shape index (κ3) is 4.99. The molecule has 1 aliphatic rings. The van der Waals surface area contributed by atoms with Crippen LogP contribution in [0.25, 0.3) is 6.08 Å². The Morgan fingerprint density at radius 3 is 2.44 bits per heavy atom. The van der Waals surface area contributed by atoms with Gasteiger partial charge in [0.1, 0.15) is 6.61 Å². The number of rotatable bonds is 6.